The van der Waals surface area contributed by atoms with Gasteiger partial charge >= 0.3 is 0 Å². The zero-order chi connectivity index (χ0) is 33.0. The Morgan fingerprint density at radius 3 is 0.585 bits per heavy atom. The number of unbranched alkanes of at least 4 members (excludes halogenated alkanes) is 6. The van der Waals surface area contributed by atoms with Gasteiger partial charge in [0.2, 0.25) is 0 Å². The van der Waals surface area contributed by atoms with Gasteiger partial charge in [0.25, 0.3) is 0 Å². The van der Waals surface area contributed by atoms with Crippen LogP contribution in [0.15, 0.2) is 72.8 Å². The molecule has 0 unspecified atom stereocenters. The summed E-state index contributed by atoms with van der Waals surface area (Å²) in [5.41, 5.74) is 7.62. The zero-order valence-electron chi connectivity index (χ0n) is 33.3. The summed E-state index contributed by atoms with van der Waals surface area (Å²) in [6, 6.07) is 28.0. The second kappa shape index (κ2) is 35.0. The predicted octanol–water partition coefficient (Wildman–Crippen LogP) is 12.9. The molecule has 0 atom stereocenters. The molecule has 3 radical (unpaired) electrons. The molecule has 0 spiro atoms. The Balaban J connectivity index is -0.00000110. The second-order valence-electron chi connectivity index (χ2n) is 13.0. The van der Waals surface area contributed by atoms with Crippen LogP contribution in [-0.4, -0.2) is 63.7 Å². The van der Waals surface area contributed by atoms with Crippen LogP contribution in [0.5, 0.6) is 0 Å². The van der Waals surface area contributed by atoms with Crippen LogP contribution in [-0.2, 0) is 0 Å². The molecule has 3 rings (SSSR count). The predicted molar refractivity (Wildman–Crippen MR) is 228 cm³/mol. The van der Waals surface area contributed by atoms with Crippen LogP contribution in [0.25, 0.3) is 0 Å². The molecule has 0 aliphatic carbocycles. The van der Waals surface area contributed by atoms with E-state index in [2.05, 4.69) is 134 Å². The van der Waals surface area contributed by atoms with E-state index in [9.17, 15) is 0 Å². The summed E-state index contributed by atoms with van der Waals surface area (Å²) in [4.78, 5) is 10.2. The minimum absolute atomic E-state index is 0. The molecule has 4 nitrogen and oxygen atoms in total. The van der Waals surface area contributed by atoms with Gasteiger partial charge in [-0.15, -0.1) is 0 Å². The van der Waals surface area contributed by atoms with Crippen molar-refractivity contribution in [2.45, 2.75) is 119 Å². The van der Waals surface area contributed by atoms with Crippen molar-refractivity contribution in [1.29, 1.82) is 0 Å². The average molecular weight is 869 g/mol. The first-order valence-electron chi connectivity index (χ1n) is 18.9. The molecule has 53 heavy (non-hydrogen) atoms. The van der Waals surface area contributed by atoms with Gasteiger partial charge in [0.05, 0.1) is 0 Å². The molecule has 0 saturated carbocycles. The van der Waals surface area contributed by atoms with Crippen molar-refractivity contribution in [3.05, 3.63) is 72.8 Å². The van der Waals surface area contributed by atoms with Gasteiger partial charge in [-0.05, 0) is 111 Å². The van der Waals surface area contributed by atoms with E-state index in [-0.39, 0.29) is 52.7 Å². The van der Waals surface area contributed by atoms with E-state index in [1.165, 1.54) is 111 Å². The maximum absolute atomic E-state index is 2.58. The maximum Gasteiger partial charge on any atom is 0.0463 e. The van der Waals surface area contributed by atoms with E-state index in [1.54, 1.807) is 0 Å². The third-order valence-corrected chi connectivity index (χ3v) is 9.11. The summed E-state index contributed by atoms with van der Waals surface area (Å²) in [5, 5.41) is 0. The number of hydrogen-bond donors (Lipinski definition) is 0. The molecular formula is C42H72F6N4Sb. The van der Waals surface area contributed by atoms with Crippen molar-refractivity contribution in [1.82, 2.24) is 0 Å². The van der Waals surface area contributed by atoms with Crippen molar-refractivity contribution in [2.24, 2.45) is 0 Å². The van der Waals surface area contributed by atoms with E-state index >= 15 is 0 Å². The fourth-order valence-corrected chi connectivity index (χ4v) is 6.09. The van der Waals surface area contributed by atoms with Crippen molar-refractivity contribution < 1.29 is 28.2 Å². The number of halogens is 6. The zero-order valence-corrected chi connectivity index (χ0v) is 35.9. The Bertz CT molecular complexity index is 1030. The minimum atomic E-state index is 0. The van der Waals surface area contributed by atoms with E-state index in [1.807, 2.05) is 0 Å². The molecule has 0 heterocycles. The fraction of sp³-hybridized carbons (Fsp3) is 0.571. The van der Waals surface area contributed by atoms with Gasteiger partial charge in [-0.1, -0.05) is 80.1 Å². The molecule has 0 N–H and O–H groups in total. The smallest absolute Gasteiger partial charge is 0.0463 e. The molecule has 3 aromatic carbocycles. The van der Waals surface area contributed by atoms with Gasteiger partial charge in [-0.2, -0.15) is 0 Å². The summed E-state index contributed by atoms with van der Waals surface area (Å²) < 4.78 is 0. The van der Waals surface area contributed by atoms with E-state index in [0.717, 1.165) is 39.3 Å². The summed E-state index contributed by atoms with van der Waals surface area (Å²) in [7, 11) is 0. The SMILES string of the molecule is CCCCN(CCCC)c1ccc(N(c2ccc(N(CCCC)CCCC)cc2)c2ccc(N(CCCC)CCCC)cc2)cc1.F.F.F.F.F.F.[Sb]. The number of benzene rings is 3. The van der Waals surface area contributed by atoms with Crippen molar-refractivity contribution in [3.63, 3.8) is 0 Å². The summed E-state index contributed by atoms with van der Waals surface area (Å²) >= 11 is 0. The van der Waals surface area contributed by atoms with Crippen molar-refractivity contribution in [3.8, 4) is 0 Å². The van der Waals surface area contributed by atoms with Gasteiger partial charge in [0.15, 0.2) is 0 Å². The maximum atomic E-state index is 2.58. The quantitative estimate of drug-likeness (QED) is 0.0657. The van der Waals surface area contributed by atoms with Gasteiger partial charge in [-0.3, -0.25) is 28.2 Å². The Kier molecular flexibility index (Phi) is 39.3. The van der Waals surface area contributed by atoms with Gasteiger partial charge in [-0.25, -0.2) is 0 Å². The Morgan fingerprint density at radius 1 is 0.283 bits per heavy atom. The number of nitrogens with zero attached hydrogens (tertiary/aromatic N) is 4. The Hall–Kier alpha value is -2.74. The van der Waals surface area contributed by atoms with Crippen LogP contribution in [0, 0.1) is 0 Å². The van der Waals surface area contributed by atoms with Crippen LogP contribution in [0.1, 0.15) is 119 Å². The van der Waals surface area contributed by atoms with E-state index in [0.29, 0.717) is 0 Å². The molecule has 11 heteroatoms. The van der Waals surface area contributed by atoms with Crippen molar-refractivity contribution >= 4 is 58.6 Å². The third-order valence-electron chi connectivity index (χ3n) is 9.11. The molecule has 0 amide bonds. The normalized spacial score (nSPS) is 9.62. The van der Waals surface area contributed by atoms with E-state index < -0.39 is 0 Å². The first-order chi connectivity index (χ1) is 22.6. The fourth-order valence-electron chi connectivity index (χ4n) is 6.09. The van der Waals surface area contributed by atoms with Crippen LogP contribution in [0.3, 0.4) is 0 Å². The molecule has 0 fully saturated rings. The molecule has 307 valence electrons. The first-order valence-corrected chi connectivity index (χ1v) is 18.9. The van der Waals surface area contributed by atoms with E-state index in [4.69, 9.17) is 0 Å². The van der Waals surface area contributed by atoms with Crippen LogP contribution >= 0.6 is 0 Å². The summed E-state index contributed by atoms with van der Waals surface area (Å²) in [5.74, 6) is 0. The molecule has 0 aliphatic heterocycles. The Labute approximate surface area is 335 Å². The van der Waals surface area contributed by atoms with Gasteiger partial charge in [0.1, 0.15) is 0 Å². The third kappa shape index (κ3) is 19.4. The molecule has 0 aromatic heterocycles. The van der Waals surface area contributed by atoms with Crippen LogP contribution in [0.2, 0.25) is 0 Å². The molecule has 3 aromatic rings. The average Bonchev–Trinajstić information content (AvgIpc) is 3.10. The standard InChI is InChI=1S/C42H66N4.6FH.Sb/c1-7-13-31-43(32-14-8-2)37-19-25-40(26-20-37)46(41-27-21-38(22-28-41)44(33-15-9-3)34-16-10-4)42-29-23-39(24-30-42)45(35-17-11-5)36-18-12-6;;;;;;;/h19-30H,7-18,31-36H2,1-6H3;6*1H;. The van der Waals surface area contributed by atoms with Crippen molar-refractivity contribution in [2.75, 3.05) is 58.9 Å². The Morgan fingerprint density at radius 2 is 0.434 bits per heavy atom. The largest absolute Gasteiger partial charge is 0.372 e. The first kappa shape index (κ1) is 59.5. The monoisotopic (exact) mass is 867 g/mol. The molecule has 0 saturated heterocycles. The topological polar surface area (TPSA) is 13.0 Å². The summed E-state index contributed by atoms with van der Waals surface area (Å²) in [6.07, 6.45) is 14.8. The minimum Gasteiger partial charge on any atom is -0.372 e. The van der Waals surface area contributed by atoms with Crippen LogP contribution < -0.4 is 19.6 Å². The number of rotatable bonds is 24. The molecular weight excluding hydrogens is 796 g/mol. The second-order valence-corrected chi connectivity index (χ2v) is 13.0. The summed E-state index contributed by atoms with van der Waals surface area (Å²) in [6.45, 7) is 20.5. The number of hydrogen-bond acceptors (Lipinski definition) is 4. The number of anilines is 6. The van der Waals surface area contributed by atoms with Gasteiger partial charge < -0.3 is 19.6 Å². The van der Waals surface area contributed by atoms with Crippen LogP contribution in [0.4, 0.5) is 62.4 Å². The molecule has 0 aliphatic rings. The molecule has 0 bridgehead atoms. The van der Waals surface area contributed by atoms with Gasteiger partial charge in [0, 0.05) is 97.8 Å².